The van der Waals surface area contributed by atoms with Crippen molar-refractivity contribution in [1.82, 2.24) is 20.6 Å². The smallest absolute Gasteiger partial charge is 0.357 e. The van der Waals surface area contributed by atoms with Gasteiger partial charge in [-0.25, -0.2) is 9.97 Å². The summed E-state index contributed by atoms with van der Waals surface area (Å²) in [5.74, 6) is 0.615. The van der Waals surface area contributed by atoms with Gasteiger partial charge in [0.15, 0.2) is 5.96 Å². The highest BCUT2D eigenvalue weighted by Crippen LogP contribution is 2.27. The number of hydrogen-bond acceptors (Lipinski definition) is 4. The first-order valence-electron chi connectivity index (χ1n) is 9.19. The second-order valence-electron chi connectivity index (χ2n) is 5.97. The lowest BCUT2D eigenvalue weighted by Crippen LogP contribution is -2.39. The molecule has 1 heterocycles. The Balaban J connectivity index is 1.73. The lowest BCUT2D eigenvalue weighted by molar-refractivity contribution is -0.141. The van der Waals surface area contributed by atoms with Gasteiger partial charge in [0.25, 0.3) is 0 Å². The fraction of sp³-hybridized carbons (Fsp3) is 0.421. The third kappa shape index (κ3) is 7.81. The van der Waals surface area contributed by atoms with Gasteiger partial charge in [-0.1, -0.05) is 30.3 Å². The molecule has 0 radical (unpaired) electrons. The normalized spacial score (nSPS) is 11.9. The van der Waals surface area contributed by atoms with E-state index < -0.39 is 11.9 Å². The lowest BCUT2D eigenvalue weighted by Gasteiger charge is -2.12. The maximum absolute atomic E-state index is 12.6. The van der Waals surface area contributed by atoms with Crippen LogP contribution in [0.15, 0.2) is 47.6 Å². The molecule has 2 rings (SSSR count). The Morgan fingerprint density at radius 3 is 2.57 bits per heavy atom. The zero-order valence-electron chi connectivity index (χ0n) is 15.8. The molecule has 0 saturated heterocycles. The number of halogens is 3. The Morgan fingerprint density at radius 1 is 1.07 bits per heavy atom. The molecule has 152 valence electrons. The largest absolute Gasteiger partial charge is 0.433 e. The van der Waals surface area contributed by atoms with Gasteiger partial charge < -0.3 is 16.0 Å². The molecule has 6 nitrogen and oxygen atoms in total. The number of alkyl halides is 3. The van der Waals surface area contributed by atoms with Gasteiger partial charge >= 0.3 is 6.18 Å². The molecule has 3 N–H and O–H groups in total. The molecule has 0 unspecified atom stereocenters. The summed E-state index contributed by atoms with van der Waals surface area (Å²) in [6, 6.07) is 11.1. The fourth-order valence-electron chi connectivity index (χ4n) is 2.42. The number of guanidine groups is 1. The van der Waals surface area contributed by atoms with Crippen molar-refractivity contribution in [2.45, 2.75) is 25.9 Å². The molecule has 0 aliphatic heterocycles. The number of benzene rings is 1. The number of aromatic nitrogens is 2. The highest BCUT2D eigenvalue weighted by Gasteiger charge is 2.32. The Labute approximate surface area is 162 Å². The molecule has 1 aromatic carbocycles. The van der Waals surface area contributed by atoms with Crippen molar-refractivity contribution in [3.05, 3.63) is 53.9 Å². The first kappa shape index (κ1) is 21.5. The molecule has 0 spiro atoms. The highest BCUT2D eigenvalue weighted by atomic mass is 19.4. The Morgan fingerprint density at radius 2 is 1.86 bits per heavy atom. The molecule has 0 fully saturated rings. The van der Waals surface area contributed by atoms with E-state index in [-0.39, 0.29) is 5.95 Å². The zero-order chi connectivity index (χ0) is 20.2. The minimum absolute atomic E-state index is 0.0542. The molecule has 28 heavy (non-hydrogen) atoms. The SMILES string of the molecule is CCNC(=NCCCc1ccccc1)NCCNc1nccc(C(F)(F)F)n1. The van der Waals surface area contributed by atoms with E-state index in [2.05, 4.69) is 43.0 Å². The maximum Gasteiger partial charge on any atom is 0.433 e. The second-order valence-corrected chi connectivity index (χ2v) is 5.97. The van der Waals surface area contributed by atoms with Crippen LogP contribution in [0.3, 0.4) is 0 Å². The minimum Gasteiger partial charge on any atom is -0.357 e. The van der Waals surface area contributed by atoms with Crippen LogP contribution in [0.5, 0.6) is 0 Å². The summed E-state index contributed by atoms with van der Waals surface area (Å²) in [7, 11) is 0. The van der Waals surface area contributed by atoms with Crippen molar-refractivity contribution >= 4 is 11.9 Å². The van der Waals surface area contributed by atoms with Gasteiger partial charge in [-0.2, -0.15) is 13.2 Å². The van der Waals surface area contributed by atoms with E-state index in [4.69, 9.17) is 0 Å². The number of anilines is 1. The van der Waals surface area contributed by atoms with E-state index in [1.807, 2.05) is 25.1 Å². The van der Waals surface area contributed by atoms with E-state index >= 15 is 0 Å². The molecule has 0 bridgehead atoms. The summed E-state index contributed by atoms with van der Waals surface area (Å²) in [6.07, 6.45) is -1.51. The average Bonchev–Trinajstić information content (AvgIpc) is 2.69. The third-order valence-corrected chi connectivity index (χ3v) is 3.73. The van der Waals surface area contributed by atoms with Gasteiger partial charge in [0.2, 0.25) is 5.95 Å². The standard InChI is InChI=1S/C19H25F3N6/c1-2-23-17(24-11-6-9-15-7-4-3-5-8-15)26-13-14-27-18-25-12-10-16(28-18)19(20,21)22/h3-5,7-8,10,12H,2,6,9,11,13-14H2,1H3,(H2,23,24,26)(H,25,27,28). The first-order chi connectivity index (χ1) is 13.5. The summed E-state index contributed by atoms with van der Waals surface area (Å²) in [4.78, 5) is 11.8. The van der Waals surface area contributed by atoms with Crippen LogP contribution in [-0.4, -0.2) is 42.1 Å². The molecule has 0 amide bonds. The molecule has 0 saturated carbocycles. The van der Waals surface area contributed by atoms with Crippen molar-refractivity contribution in [1.29, 1.82) is 0 Å². The van der Waals surface area contributed by atoms with Crippen LogP contribution < -0.4 is 16.0 Å². The number of aryl methyl sites for hydroxylation is 1. The predicted octanol–water partition coefficient (Wildman–Crippen LogP) is 3.10. The highest BCUT2D eigenvalue weighted by molar-refractivity contribution is 5.79. The summed E-state index contributed by atoms with van der Waals surface area (Å²) in [6.45, 7) is 4.18. The van der Waals surface area contributed by atoms with Crippen LogP contribution in [0.2, 0.25) is 0 Å². The summed E-state index contributed by atoms with van der Waals surface area (Å²) in [5.41, 5.74) is 0.312. The van der Waals surface area contributed by atoms with Crippen molar-refractivity contribution in [2.75, 3.05) is 31.5 Å². The summed E-state index contributed by atoms with van der Waals surface area (Å²) >= 11 is 0. The molecule has 0 atom stereocenters. The average molecular weight is 394 g/mol. The Bertz CT molecular complexity index is 734. The third-order valence-electron chi connectivity index (χ3n) is 3.73. The monoisotopic (exact) mass is 394 g/mol. The molecule has 9 heteroatoms. The van der Waals surface area contributed by atoms with E-state index in [0.717, 1.165) is 25.1 Å². The first-order valence-corrected chi connectivity index (χ1v) is 9.19. The molecule has 0 aliphatic rings. The van der Waals surface area contributed by atoms with Crippen molar-refractivity contribution in [3.8, 4) is 0 Å². The van der Waals surface area contributed by atoms with E-state index in [1.165, 1.54) is 5.56 Å². The van der Waals surface area contributed by atoms with E-state index in [1.54, 1.807) is 0 Å². The maximum atomic E-state index is 12.6. The topological polar surface area (TPSA) is 74.2 Å². The minimum atomic E-state index is -4.48. The summed E-state index contributed by atoms with van der Waals surface area (Å²) in [5, 5.41) is 9.05. The Kier molecular flexibility index (Phi) is 8.51. The van der Waals surface area contributed by atoms with Gasteiger partial charge in [-0.15, -0.1) is 0 Å². The molecule has 0 aliphatic carbocycles. The number of nitrogens with zero attached hydrogens (tertiary/aromatic N) is 3. The van der Waals surface area contributed by atoms with Gasteiger partial charge in [-0.3, -0.25) is 4.99 Å². The molecule has 1 aromatic heterocycles. The number of aliphatic imine (C=N–C) groups is 1. The number of nitrogens with one attached hydrogen (secondary N) is 3. The van der Waals surface area contributed by atoms with E-state index in [0.29, 0.717) is 32.1 Å². The van der Waals surface area contributed by atoms with Crippen LogP contribution in [0.25, 0.3) is 0 Å². The van der Waals surface area contributed by atoms with Crippen molar-refractivity contribution in [2.24, 2.45) is 4.99 Å². The van der Waals surface area contributed by atoms with Gasteiger partial charge in [-0.05, 0) is 31.4 Å². The van der Waals surface area contributed by atoms with Crippen LogP contribution in [-0.2, 0) is 12.6 Å². The van der Waals surface area contributed by atoms with Crippen molar-refractivity contribution < 1.29 is 13.2 Å². The van der Waals surface area contributed by atoms with Crippen LogP contribution in [0.1, 0.15) is 24.6 Å². The molecule has 2 aromatic rings. The van der Waals surface area contributed by atoms with Crippen LogP contribution >= 0.6 is 0 Å². The lowest BCUT2D eigenvalue weighted by atomic mass is 10.1. The van der Waals surface area contributed by atoms with Gasteiger partial charge in [0, 0.05) is 32.4 Å². The Hall–Kier alpha value is -2.84. The van der Waals surface area contributed by atoms with E-state index in [9.17, 15) is 13.2 Å². The fourth-order valence-corrected chi connectivity index (χ4v) is 2.42. The quantitative estimate of drug-likeness (QED) is 0.346. The zero-order valence-corrected chi connectivity index (χ0v) is 15.8. The van der Waals surface area contributed by atoms with Gasteiger partial charge in [0.1, 0.15) is 5.69 Å². The van der Waals surface area contributed by atoms with Gasteiger partial charge in [0.05, 0.1) is 0 Å². The second kappa shape index (κ2) is 11.1. The van der Waals surface area contributed by atoms with Crippen molar-refractivity contribution in [3.63, 3.8) is 0 Å². The number of rotatable bonds is 9. The molecular formula is C19H25F3N6. The van der Waals surface area contributed by atoms with Crippen LogP contribution in [0.4, 0.5) is 19.1 Å². The number of hydrogen-bond donors (Lipinski definition) is 3. The predicted molar refractivity (Wildman–Crippen MR) is 104 cm³/mol. The molecular weight excluding hydrogens is 369 g/mol. The van der Waals surface area contributed by atoms with Crippen LogP contribution in [0, 0.1) is 0 Å². The summed E-state index contributed by atoms with van der Waals surface area (Å²) < 4.78 is 37.9.